The molecular formula is C18H23NO3. The standard InChI is InChI=1S/C18H23NO3/c1-4-5-8-18-14-12-16(22-3)15(21-2)11-13(14)6-9-19(18)10-7-17(18)20/h4,11-12H,1,5-10H2,2-3H3/t18-/m0/s1. The number of carbonyl (C=O) groups excluding carboxylic acids is 1. The zero-order valence-corrected chi connectivity index (χ0v) is 13.4. The van der Waals surface area contributed by atoms with Crippen molar-refractivity contribution in [2.24, 2.45) is 0 Å². The van der Waals surface area contributed by atoms with Gasteiger partial charge < -0.3 is 9.47 Å². The highest BCUT2D eigenvalue weighted by atomic mass is 16.5. The van der Waals surface area contributed by atoms with Crippen LogP contribution in [0.15, 0.2) is 24.8 Å². The summed E-state index contributed by atoms with van der Waals surface area (Å²) in [5.41, 5.74) is 1.80. The van der Waals surface area contributed by atoms with Crippen LogP contribution in [-0.4, -0.2) is 38.0 Å². The summed E-state index contributed by atoms with van der Waals surface area (Å²) in [5.74, 6) is 1.75. The number of hydrogen-bond donors (Lipinski definition) is 0. The van der Waals surface area contributed by atoms with Crippen LogP contribution in [-0.2, 0) is 16.8 Å². The van der Waals surface area contributed by atoms with E-state index in [2.05, 4.69) is 11.5 Å². The van der Waals surface area contributed by atoms with Crippen molar-refractivity contribution in [1.29, 1.82) is 0 Å². The molecule has 1 aromatic rings. The SMILES string of the molecule is C=CCC[C@]12C(=O)CCN1CCc1cc(OC)c(OC)cc12. The minimum Gasteiger partial charge on any atom is -0.493 e. The Morgan fingerprint density at radius 2 is 1.91 bits per heavy atom. The number of benzene rings is 1. The van der Waals surface area contributed by atoms with Crippen LogP contribution in [0, 0.1) is 0 Å². The Hall–Kier alpha value is -1.81. The number of Topliss-reactive ketones (excluding diaryl/α,β-unsaturated/α-hetero) is 1. The number of ether oxygens (including phenoxy) is 2. The van der Waals surface area contributed by atoms with Gasteiger partial charge in [-0.25, -0.2) is 0 Å². The Labute approximate surface area is 131 Å². The predicted octanol–water partition coefficient (Wildman–Crippen LogP) is 2.70. The molecule has 0 unspecified atom stereocenters. The van der Waals surface area contributed by atoms with Crippen LogP contribution in [0.4, 0.5) is 0 Å². The van der Waals surface area contributed by atoms with Gasteiger partial charge in [-0.1, -0.05) is 6.08 Å². The molecule has 1 fully saturated rings. The van der Waals surface area contributed by atoms with Crippen LogP contribution in [0.5, 0.6) is 11.5 Å². The zero-order valence-electron chi connectivity index (χ0n) is 13.4. The molecule has 3 rings (SSSR count). The fourth-order valence-electron chi connectivity index (χ4n) is 3.95. The van der Waals surface area contributed by atoms with Crippen molar-refractivity contribution in [3.63, 3.8) is 0 Å². The minimum absolute atomic E-state index is 0.322. The number of nitrogens with zero attached hydrogens (tertiary/aromatic N) is 1. The average Bonchev–Trinajstić information content (AvgIpc) is 2.88. The van der Waals surface area contributed by atoms with Gasteiger partial charge in [-0.2, -0.15) is 0 Å². The van der Waals surface area contributed by atoms with Crippen LogP contribution in [0.2, 0.25) is 0 Å². The first-order valence-corrected chi connectivity index (χ1v) is 7.82. The van der Waals surface area contributed by atoms with E-state index in [1.54, 1.807) is 14.2 Å². The number of allylic oxidation sites excluding steroid dienone is 1. The van der Waals surface area contributed by atoms with E-state index < -0.39 is 5.54 Å². The number of carbonyl (C=O) groups is 1. The predicted molar refractivity (Wildman–Crippen MR) is 85.6 cm³/mol. The van der Waals surface area contributed by atoms with Crippen molar-refractivity contribution in [2.45, 2.75) is 31.2 Å². The van der Waals surface area contributed by atoms with E-state index >= 15 is 0 Å². The highest BCUT2D eigenvalue weighted by Crippen LogP contribution is 2.47. The van der Waals surface area contributed by atoms with E-state index in [-0.39, 0.29) is 0 Å². The van der Waals surface area contributed by atoms with Crippen LogP contribution in [0.25, 0.3) is 0 Å². The Morgan fingerprint density at radius 1 is 1.23 bits per heavy atom. The normalized spacial score (nSPS) is 23.8. The highest BCUT2D eigenvalue weighted by Gasteiger charge is 2.51. The fourth-order valence-corrected chi connectivity index (χ4v) is 3.95. The average molecular weight is 301 g/mol. The maximum Gasteiger partial charge on any atom is 0.161 e. The summed E-state index contributed by atoms with van der Waals surface area (Å²) in [4.78, 5) is 15.1. The topological polar surface area (TPSA) is 38.8 Å². The zero-order chi connectivity index (χ0) is 15.7. The molecule has 1 saturated heterocycles. The number of ketones is 1. The van der Waals surface area contributed by atoms with E-state index in [1.807, 2.05) is 18.2 Å². The van der Waals surface area contributed by atoms with Crippen molar-refractivity contribution in [2.75, 3.05) is 27.3 Å². The number of fused-ring (bicyclic) bond motifs is 3. The quantitative estimate of drug-likeness (QED) is 0.784. The summed E-state index contributed by atoms with van der Waals surface area (Å²) >= 11 is 0. The molecule has 2 aliphatic heterocycles. The molecule has 0 aromatic heterocycles. The second kappa shape index (κ2) is 5.76. The molecule has 4 nitrogen and oxygen atoms in total. The Balaban J connectivity index is 2.17. The molecule has 2 aliphatic rings. The van der Waals surface area contributed by atoms with E-state index in [1.165, 1.54) is 5.56 Å². The summed E-state index contributed by atoms with van der Waals surface area (Å²) in [7, 11) is 3.28. The van der Waals surface area contributed by atoms with E-state index in [0.29, 0.717) is 18.0 Å². The third-order valence-corrected chi connectivity index (χ3v) is 5.03. The maximum atomic E-state index is 12.8. The molecule has 0 N–H and O–H groups in total. The van der Waals surface area contributed by atoms with Crippen LogP contribution < -0.4 is 9.47 Å². The second-order valence-electron chi connectivity index (χ2n) is 5.96. The van der Waals surface area contributed by atoms with Crippen molar-refractivity contribution < 1.29 is 14.3 Å². The largest absolute Gasteiger partial charge is 0.493 e. The first-order valence-electron chi connectivity index (χ1n) is 7.82. The molecule has 1 atom stereocenters. The lowest BCUT2D eigenvalue weighted by Gasteiger charge is -2.42. The molecule has 0 spiro atoms. The lowest BCUT2D eigenvalue weighted by atomic mass is 9.76. The van der Waals surface area contributed by atoms with Gasteiger partial charge in [0.15, 0.2) is 17.3 Å². The Bertz CT molecular complexity index is 611. The van der Waals surface area contributed by atoms with Crippen LogP contribution in [0.3, 0.4) is 0 Å². The van der Waals surface area contributed by atoms with Crippen molar-refractivity contribution in [1.82, 2.24) is 4.90 Å². The van der Waals surface area contributed by atoms with Gasteiger partial charge in [-0.05, 0) is 42.5 Å². The van der Waals surface area contributed by atoms with Gasteiger partial charge in [-0.3, -0.25) is 9.69 Å². The summed E-state index contributed by atoms with van der Waals surface area (Å²) in [5, 5.41) is 0. The van der Waals surface area contributed by atoms with Crippen molar-refractivity contribution in [3.8, 4) is 11.5 Å². The molecule has 0 bridgehead atoms. The summed E-state index contributed by atoms with van der Waals surface area (Å²) in [6.45, 7) is 5.60. The number of methoxy groups -OCH3 is 2. The van der Waals surface area contributed by atoms with Gasteiger partial charge >= 0.3 is 0 Å². The Morgan fingerprint density at radius 3 is 2.59 bits per heavy atom. The molecule has 2 heterocycles. The van der Waals surface area contributed by atoms with Crippen LogP contribution >= 0.6 is 0 Å². The first kappa shape index (κ1) is 15.1. The lowest BCUT2D eigenvalue weighted by molar-refractivity contribution is -0.126. The molecule has 118 valence electrons. The van der Waals surface area contributed by atoms with Crippen molar-refractivity contribution >= 4 is 5.78 Å². The third kappa shape index (κ3) is 2.05. The van der Waals surface area contributed by atoms with Gasteiger partial charge in [0.05, 0.1) is 14.2 Å². The summed E-state index contributed by atoms with van der Waals surface area (Å²) in [6.07, 6.45) is 5.09. The van der Waals surface area contributed by atoms with E-state index in [4.69, 9.17) is 9.47 Å². The van der Waals surface area contributed by atoms with E-state index in [9.17, 15) is 4.79 Å². The van der Waals surface area contributed by atoms with Gasteiger partial charge in [0, 0.05) is 19.5 Å². The summed E-state index contributed by atoms with van der Waals surface area (Å²) < 4.78 is 10.9. The molecule has 0 amide bonds. The molecular weight excluding hydrogens is 278 g/mol. The third-order valence-electron chi connectivity index (χ3n) is 5.03. The van der Waals surface area contributed by atoms with Gasteiger partial charge in [0.2, 0.25) is 0 Å². The Kier molecular flexibility index (Phi) is 3.96. The molecule has 0 saturated carbocycles. The van der Waals surface area contributed by atoms with Crippen LogP contribution in [0.1, 0.15) is 30.4 Å². The van der Waals surface area contributed by atoms with Gasteiger partial charge in [0.1, 0.15) is 5.54 Å². The minimum atomic E-state index is -0.499. The lowest BCUT2D eigenvalue weighted by Crippen LogP contribution is -2.50. The smallest absolute Gasteiger partial charge is 0.161 e. The number of hydrogen-bond acceptors (Lipinski definition) is 4. The first-order chi connectivity index (χ1) is 10.7. The molecule has 0 aliphatic carbocycles. The van der Waals surface area contributed by atoms with Gasteiger partial charge in [-0.15, -0.1) is 6.58 Å². The molecule has 0 radical (unpaired) electrons. The highest BCUT2D eigenvalue weighted by molar-refractivity contribution is 5.92. The van der Waals surface area contributed by atoms with Crippen molar-refractivity contribution in [3.05, 3.63) is 35.9 Å². The second-order valence-corrected chi connectivity index (χ2v) is 5.96. The fraction of sp³-hybridized carbons (Fsp3) is 0.500. The molecule has 1 aromatic carbocycles. The van der Waals surface area contributed by atoms with Gasteiger partial charge in [0.25, 0.3) is 0 Å². The van der Waals surface area contributed by atoms with E-state index in [0.717, 1.165) is 43.7 Å². The number of rotatable bonds is 5. The molecule has 22 heavy (non-hydrogen) atoms. The summed E-state index contributed by atoms with van der Waals surface area (Å²) in [6, 6.07) is 4.04. The maximum absolute atomic E-state index is 12.8. The monoisotopic (exact) mass is 301 g/mol. The molecule has 4 heteroatoms.